The minimum absolute atomic E-state index is 0. The molecule has 136 valence electrons. The van der Waals surface area contributed by atoms with Crippen LogP contribution < -0.4 is 24.8 Å². The topological polar surface area (TPSA) is 68.8 Å². The molecular formula is C17H27ClN2O4. The minimum atomic E-state index is -0.498. The maximum Gasteiger partial charge on any atom is 0.240 e. The third-order valence-corrected chi connectivity index (χ3v) is 4.35. The number of methoxy groups -OCH3 is 3. The average molecular weight is 359 g/mol. The molecule has 24 heavy (non-hydrogen) atoms. The van der Waals surface area contributed by atoms with E-state index in [-0.39, 0.29) is 18.3 Å². The number of carbonyl (C=O) groups excluding carboxylic acids is 1. The standard InChI is InChI=1S/C17H26N2O4.ClH/c1-17(7-5-6-8-19-17)16(20)18-11-12-9-14(22-3)15(23-4)10-13(12)21-2;/h9-10,19H,5-8,11H2,1-4H3,(H,18,20);1H. The molecule has 1 heterocycles. The second kappa shape index (κ2) is 8.99. The molecule has 1 aromatic rings. The van der Waals surface area contributed by atoms with Crippen molar-refractivity contribution < 1.29 is 19.0 Å². The van der Waals surface area contributed by atoms with Crippen LogP contribution in [0.3, 0.4) is 0 Å². The molecular weight excluding hydrogens is 332 g/mol. The molecule has 0 aromatic heterocycles. The SMILES string of the molecule is COc1cc(OC)c(OC)cc1CNC(=O)C1(C)CCCCN1.Cl. The van der Waals surface area contributed by atoms with Crippen LogP contribution in [0.1, 0.15) is 31.7 Å². The molecule has 1 aromatic carbocycles. The molecule has 1 saturated heterocycles. The van der Waals surface area contributed by atoms with Gasteiger partial charge in [0, 0.05) is 18.2 Å². The fraction of sp³-hybridized carbons (Fsp3) is 0.588. The van der Waals surface area contributed by atoms with Gasteiger partial charge in [0.2, 0.25) is 5.91 Å². The number of carbonyl (C=O) groups is 1. The molecule has 0 bridgehead atoms. The second-order valence-corrected chi connectivity index (χ2v) is 5.92. The number of hydrogen-bond acceptors (Lipinski definition) is 5. The summed E-state index contributed by atoms with van der Waals surface area (Å²) in [6.07, 6.45) is 3.03. The average Bonchev–Trinajstić information content (AvgIpc) is 2.59. The summed E-state index contributed by atoms with van der Waals surface area (Å²) in [5.74, 6) is 1.87. The van der Waals surface area contributed by atoms with Crippen molar-refractivity contribution in [3.63, 3.8) is 0 Å². The van der Waals surface area contributed by atoms with Gasteiger partial charge in [0.25, 0.3) is 0 Å². The molecule has 0 saturated carbocycles. The van der Waals surface area contributed by atoms with E-state index in [1.54, 1.807) is 27.4 Å². The molecule has 0 radical (unpaired) electrons. The smallest absolute Gasteiger partial charge is 0.240 e. The van der Waals surface area contributed by atoms with Crippen molar-refractivity contribution in [1.82, 2.24) is 10.6 Å². The van der Waals surface area contributed by atoms with E-state index in [0.717, 1.165) is 31.4 Å². The lowest BCUT2D eigenvalue weighted by Crippen LogP contribution is -2.56. The highest BCUT2D eigenvalue weighted by Gasteiger charge is 2.34. The summed E-state index contributed by atoms with van der Waals surface area (Å²) in [7, 11) is 4.75. The molecule has 7 heteroatoms. The summed E-state index contributed by atoms with van der Waals surface area (Å²) in [4.78, 5) is 12.5. The van der Waals surface area contributed by atoms with Crippen LogP contribution in [-0.4, -0.2) is 39.3 Å². The van der Waals surface area contributed by atoms with Crippen LogP contribution in [0.4, 0.5) is 0 Å². The Kier molecular flexibility index (Phi) is 7.63. The first-order chi connectivity index (χ1) is 11.0. The lowest BCUT2D eigenvalue weighted by molar-refractivity contribution is -0.128. The zero-order valence-corrected chi connectivity index (χ0v) is 15.5. The molecule has 1 aliphatic rings. The van der Waals surface area contributed by atoms with Gasteiger partial charge < -0.3 is 24.8 Å². The van der Waals surface area contributed by atoms with Gasteiger partial charge in [0.1, 0.15) is 5.75 Å². The zero-order chi connectivity index (χ0) is 16.9. The zero-order valence-electron chi connectivity index (χ0n) is 14.7. The Labute approximate surface area is 149 Å². The van der Waals surface area contributed by atoms with Crippen molar-refractivity contribution in [2.75, 3.05) is 27.9 Å². The third-order valence-electron chi connectivity index (χ3n) is 4.35. The first-order valence-electron chi connectivity index (χ1n) is 7.86. The molecule has 2 rings (SSSR count). The monoisotopic (exact) mass is 358 g/mol. The van der Waals surface area contributed by atoms with Gasteiger partial charge in [-0.25, -0.2) is 0 Å². The van der Waals surface area contributed by atoms with Crippen molar-refractivity contribution in [1.29, 1.82) is 0 Å². The van der Waals surface area contributed by atoms with Crippen molar-refractivity contribution in [2.45, 2.75) is 38.3 Å². The highest BCUT2D eigenvalue weighted by atomic mass is 35.5. The molecule has 1 amide bonds. The highest BCUT2D eigenvalue weighted by molar-refractivity contribution is 5.86. The predicted octanol–water partition coefficient (Wildman–Crippen LogP) is 2.28. The molecule has 1 atom stereocenters. The Hall–Kier alpha value is -1.66. The van der Waals surface area contributed by atoms with Gasteiger partial charge in [-0.1, -0.05) is 0 Å². The molecule has 2 N–H and O–H groups in total. The van der Waals surface area contributed by atoms with E-state index in [1.807, 2.05) is 13.0 Å². The number of nitrogens with one attached hydrogen (secondary N) is 2. The largest absolute Gasteiger partial charge is 0.496 e. The van der Waals surface area contributed by atoms with Gasteiger partial charge in [-0.05, 0) is 38.8 Å². The van der Waals surface area contributed by atoms with Gasteiger partial charge in [-0.2, -0.15) is 0 Å². The van der Waals surface area contributed by atoms with Crippen LogP contribution in [0.2, 0.25) is 0 Å². The summed E-state index contributed by atoms with van der Waals surface area (Å²) in [5.41, 5.74) is 0.347. The molecule has 1 aliphatic heterocycles. The Morgan fingerprint density at radius 1 is 1.12 bits per heavy atom. The van der Waals surface area contributed by atoms with Gasteiger partial charge in [-0.15, -0.1) is 12.4 Å². The minimum Gasteiger partial charge on any atom is -0.496 e. The first kappa shape index (κ1) is 20.4. The summed E-state index contributed by atoms with van der Waals surface area (Å²) in [6, 6.07) is 3.59. The molecule has 1 fully saturated rings. The fourth-order valence-corrected chi connectivity index (χ4v) is 2.85. The maximum atomic E-state index is 12.5. The maximum absolute atomic E-state index is 12.5. The van der Waals surface area contributed by atoms with E-state index in [4.69, 9.17) is 14.2 Å². The van der Waals surface area contributed by atoms with Gasteiger partial charge in [-0.3, -0.25) is 4.79 Å². The fourth-order valence-electron chi connectivity index (χ4n) is 2.85. The van der Waals surface area contributed by atoms with Crippen LogP contribution in [0.5, 0.6) is 17.2 Å². The van der Waals surface area contributed by atoms with E-state index in [1.165, 1.54) is 0 Å². The van der Waals surface area contributed by atoms with Gasteiger partial charge in [0.05, 0.1) is 26.9 Å². The van der Waals surface area contributed by atoms with Crippen molar-refractivity contribution in [2.24, 2.45) is 0 Å². The molecule has 1 unspecified atom stereocenters. The second-order valence-electron chi connectivity index (χ2n) is 5.92. The summed E-state index contributed by atoms with van der Waals surface area (Å²) < 4.78 is 16.0. The predicted molar refractivity (Wildman–Crippen MR) is 95.5 cm³/mol. The Bertz CT molecular complexity index is 560. The Morgan fingerprint density at radius 2 is 1.75 bits per heavy atom. The third kappa shape index (κ3) is 4.45. The van der Waals surface area contributed by atoms with Crippen molar-refractivity contribution in [3.05, 3.63) is 17.7 Å². The number of rotatable bonds is 6. The van der Waals surface area contributed by atoms with Crippen molar-refractivity contribution >= 4 is 18.3 Å². The summed E-state index contributed by atoms with van der Waals surface area (Å²) >= 11 is 0. The normalized spacial score (nSPS) is 19.8. The lowest BCUT2D eigenvalue weighted by atomic mass is 9.90. The highest BCUT2D eigenvalue weighted by Crippen LogP contribution is 2.34. The molecule has 0 aliphatic carbocycles. The summed E-state index contributed by atoms with van der Waals surface area (Å²) in [5, 5.41) is 6.31. The number of ether oxygens (including phenoxy) is 3. The molecule has 6 nitrogen and oxygen atoms in total. The van der Waals surface area contributed by atoms with E-state index in [2.05, 4.69) is 10.6 Å². The van der Waals surface area contributed by atoms with Crippen LogP contribution in [0.15, 0.2) is 12.1 Å². The summed E-state index contributed by atoms with van der Waals surface area (Å²) in [6.45, 7) is 3.20. The van der Waals surface area contributed by atoms with Gasteiger partial charge >= 0.3 is 0 Å². The van der Waals surface area contributed by atoms with Crippen LogP contribution in [0, 0.1) is 0 Å². The van der Waals surface area contributed by atoms with Crippen LogP contribution in [-0.2, 0) is 11.3 Å². The van der Waals surface area contributed by atoms with E-state index >= 15 is 0 Å². The number of amides is 1. The first-order valence-corrected chi connectivity index (χ1v) is 7.86. The number of halogens is 1. The van der Waals surface area contributed by atoms with Crippen molar-refractivity contribution in [3.8, 4) is 17.2 Å². The van der Waals surface area contributed by atoms with Crippen LogP contribution in [0.25, 0.3) is 0 Å². The lowest BCUT2D eigenvalue weighted by Gasteiger charge is -2.33. The number of hydrogen-bond donors (Lipinski definition) is 2. The number of benzene rings is 1. The Balaban J connectivity index is 0.00000288. The van der Waals surface area contributed by atoms with Crippen LogP contribution >= 0.6 is 12.4 Å². The molecule has 0 spiro atoms. The quantitative estimate of drug-likeness (QED) is 0.816. The van der Waals surface area contributed by atoms with E-state index in [9.17, 15) is 4.79 Å². The number of piperidine rings is 1. The van der Waals surface area contributed by atoms with E-state index in [0.29, 0.717) is 23.8 Å². The van der Waals surface area contributed by atoms with Gasteiger partial charge in [0.15, 0.2) is 11.5 Å². The Morgan fingerprint density at radius 3 is 2.29 bits per heavy atom. The van der Waals surface area contributed by atoms with E-state index < -0.39 is 5.54 Å².